The molecule has 0 amide bonds. The minimum Gasteiger partial charge on any atom is -0.493 e. The van der Waals surface area contributed by atoms with E-state index < -0.39 is 0 Å². The van der Waals surface area contributed by atoms with E-state index in [-0.39, 0.29) is 6.10 Å². The van der Waals surface area contributed by atoms with Crippen molar-refractivity contribution in [3.05, 3.63) is 22.2 Å². The number of methoxy groups -OCH3 is 1. The molecule has 0 aromatic heterocycles. The Morgan fingerprint density at radius 1 is 1.50 bits per heavy atom. The first kappa shape index (κ1) is 12.1. The van der Waals surface area contributed by atoms with Gasteiger partial charge in [0.25, 0.3) is 0 Å². The summed E-state index contributed by atoms with van der Waals surface area (Å²) in [5.74, 6) is 2.15. The highest BCUT2D eigenvalue weighted by molar-refractivity contribution is 6.32. The van der Waals surface area contributed by atoms with E-state index in [0.29, 0.717) is 5.92 Å². The third-order valence-corrected chi connectivity index (χ3v) is 4.28. The van der Waals surface area contributed by atoms with Gasteiger partial charge in [0.1, 0.15) is 6.10 Å². The van der Waals surface area contributed by atoms with Crippen molar-refractivity contribution < 1.29 is 9.47 Å². The molecule has 2 aliphatic heterocycles. The molecule has 2 atom stereocenters. The van der Waals surface area contributed by atoms with Gasteiger partial charge in [-0.05, 0) is 37.4 Å². The third kappa shape index (κ3) is 1.86. The largest absolute Gasteiger partial charge is 0.493 e. The van der Waals surface area contributed by atoms with Crippen LogP contribution in [0.5, 0.6) is 11.5 Å². The second-order valence-corrected chi connectivity index (χ2v) is 5.49. The number of nitrogens with one attached hydrogen (secondary N) is 1. The van der Waals surface area contributed by atoms with Crippen LogP contribution in [0.2, 0.25) is 5.02 Å². The Bertz CT molecular complexity index is 469. The number of halogens is 1. The van der Waals surface area contributed by atoms with Crippen molar-refractivity contribution in [3.63, 3.8) is 0 Å². The van der Waals surface area contributed by atoms with E-state index >= 15 is 0 Å². The lowest BCUT2D eigenvalue weighted by atomic mass is 9.94. The predicted molar refractivity (Wildman–Crippen MR) is 72.0 cm³/mol. The molecule has 1 N–H and O–H groups in total. The van der Waals surface area contributed by atoms with E-state index in [0.717, 1.165) is 48.0 Å². The van der Waals surface area contributed by atoms with Crippen molar-refractivity contribution in [2.75, 3.05) is 20.2 Å². The van der Waals surface area contributed by atoms with Gasteiger partial charge >= 0.3 is 0 Å². The number of hydrogen-bond donors (Lipinski definition) is 1. The van der Waals surface area contributed by atoms with Crippen molar-refractivity contribution in [1.82, 2.24) is 5.32 Å². The summed E-state index contributed by atoms with van der Waals surface area (Å²) in [5.41, 5.74) is 2.32. The van der Waals surface area contributed by atoms with Gasteiger partial charge in [-0.3, -0.25) is 0 Å². The fraction of sp³-hybridized carbons (Fsp3) is 0.571. The van der Waals surface area contributed by atoms with Crippen molar-refractivity contribution in [2.45, 2.75) is 31.8 Å². The standard InChI is InChI=1S/C14H18ClNO2/c1-8-5-11-13(15)10(9-3-4-16-7-9)6-12(17-2)14(11)18-8/h6,8-9,16H,3-5,7H2,1-2H3. The van der Waals surface area contributed by atoms with Gasteiger partial charge in [0.2, 0.25) is 0 Å². The van der Waals surface area contributed by atoms with Crippen molar-refractivity contribution >= 4 is 11.6 Å². The highest BCUT2D eigenvalue weighted by Gasteiger charge is 2.30. The summed E-state index contributed by atoms with van der Waals surface area (Å²) in [6.07, 6.45) is 2.19. The maximum Gasteiger partial charge on any atom is 0.166 e. The van der Waals surface area contributed by atoms with E-state index in [1.54, 1.807) is 7.11 Å². The zero-order chi connectivity index (χ0) is 12.7. The lowest BCUT2D eigenvalue weighted by Crippen LogP contribution is -2.08. The molecular formula is C14H18ClNO2. The Hall–Kier alpha value is -0.930. The number of ether oxygens (including phenoxy) is 2. The zero-order valence-corrected chi connectivity index (χ0v) is 11.5. The SMILES string of the molecule is COc1cc(C2CCNC2)c(Cl)c2c1OC(C)C2. The van der Waals surface area contributed by atoms with E-state index in [1.807, 2.05) is 0 Å². The normalized spacial score (nSPS) is 25.9. The molecular weight excluding hydrogens is 250 g/mol. The van der Waals surface area contributed by atoms with Crippen LogP contribution >= 0.6 is 11.6 Å². The molecule has 98 valence electrons. The van der Waals surface area contributed by atoms with Crippen LogP contribution in [0, 0.1) is 0 Å². The smallest absolute Gasteiger partial charge is 0.166 e. The monoisotopic (exact) mass is 267 g/mol. The summed E-state index contributed by atoms with van der Waals surface area (Å²) < 4.78 is 11.3. The summed E-state index contributed by atoms with van der Waals surface area (Å²) in [6.45, 7) is 4.12. The van der Waals surface area contributed by atoms with Crippen LogP contribution in [0.3, 0.4) is 0 Å². The van der Waals surface area contributed by atoms with Crippen LogP contribution in [0.1, 0.15) is 30.4 Å². The summed E-state index contributed by atoms with van der Waals surface area (Å²) in [7, 11) is 1.69. The van der Waals surface area contributed by atoms with Gasteiger partial charge in [0, 0.05) is 18.5 Å². The first-order valence-electron chi connectivity index (χ1n) is 6.47. The van der Waals surface area contributed by atoms with E-state index in [1.165, 1.54) is 5.56 Å². The topological polar surface area (TPSA) is 30.5 Å². The number of rotatable bonds is 2. The Labute approximate surface area is 112 Å². The molecule has 1 aromatic carbocycles. The first-order valence-corrected chi connectivity index (χ1v) is 6.85. The van der Waals surface area contributed by atoms with Gasteiger partial charge in [-0.25, -0.2) is 0 Å². The van der Waals surface area contributed by atoms with Crippen molar-refractivity contribution in [2.24, 2.45) is 0 Å². The molecule has 18 heavy (non-hydrogen) atoms. The number of benzene rings is 1. The molecule has 1 aromatic rings. The second-order valence-electron chi connectivity index (χ2n) is 5.11. The molecule has 0 aliphatic carbocycles. The van der Waals surface area contributed by atoms with Gasteiger partial charge in [0.15, 0.2) is 11.5 Å². The first-order chi connectivity index (χ1) is 8.70. The minimum atomic E-state index is 0.184. The van der Waals surface area contributed by atoms with Gasteiger partial charge in [-0.2, -0.15) is 0 Å². The molecule has 2 aliphatic rings. The molecule has 2 unspecified atom stereocenters. The number of hydrogen-bond acceptors (Lipinski definition) is 3. The van der Waals surface area contributed by atoms with Gasteiger partial charge in [0.05, 0.1) is 12.1 Å². The van der Waals surface area contributed by atoms with Gasteiger partial charge < -0.3 is 14.8 Å². The van der Waals surface area contributed by atoms with Gasteiger partial charge in [-0.15, -0.1) is 0 Å². The number of fused-ring (bicyclic) bond motifs is 1. The average molecular weight is 268 g/mol. The quantitative estimate of drug-likeness (QED) is 0.894. The maximum absolute atomic E-state index is 6.57. The van der Waals surface area contributed by atoms with E-state index in [2.05, 4.69) is 18.3 Å². The molecule has 0 saturated carbocycles. The van der Waals surface area contributed by atoms with Crippen LogP contribution in [0.15, 0.2) is 6.07 Å². The summed E-state index contributed by atoms with van der Waals surface area (Å²) >= 11 is 6.57. The summed E-state index contributed by atoms with van der Waals surface area (Å²) in [6, 6.07) is 2.05. The maximum atomic E-state index is 6.57. The molecule has 3 rings (SSSR count). The molecule has 4 heteroatoms. The Kier molecular flexibility index (Phi) is 3.12. The van der Waals surface area contributed by atoms with Crippen LogP contribution < -0.4 is 14.8 Å². The van der Waals surface area contributed by atoms with Crippen LogP contribution in [-0.4, -0.2) is 26.3 Å². The van der Waals surface area contributed by atoms with Crippen LogP contribution in [0.25, 0.3) is 0 Å². The molecule has 1 saturated heterocycles. The van der Waals surface area contributed by atoms with Crippen molar-refractivity contribution in [3.8, 4) is 11.5 Å². The third-order valence-electron chi connectivity index (χ3n) is 3.83. The molecule has 3 nitrogen and oxygen atoms in total. The molecule has 0 bridgehead atoms. The lowest BCUT2D eigenvalue weighted by Gasteiger charge is -2.16. The van der Waals surface area contributed by atoms with Crippen LogP contribution in [0.4, 0.5) is 0 Å². The highest BCUT2D eigenvalue weighted by atomic mass is 35.5. The molecule has 1 fully saturated rings. The summed E-state index contributed by atoms with van der Waals surface area (Å²) in [4.78, 5) is 0. The van der Waals surface area contributed by atoms with E-state index in [9.17, 15) is 0 Å². The van der Waals surface area contributed by atoms with E-state index in [4.69, 9.17) is 21.1 Å². The van der Waals surface area contributed by atoms with Gasteiger partial charge in [-0.1, -0.05) is 11.6 Å². The lowest BCUT2D eigenvalue weighted by molar-refractivity contribution is 0.243. The minimum absolute atomic E-state index is 0.184. The summed E-state index contributed by atoms with van der Waals surface area (Å²) in [5, 5.41) is 4.26. The molecule has 0 spiro atoms. The fourth-order valence-electron chi connectivity index (χ4n) is 2.90. The zero-order valence-electron chi connectivity index (χ0n) is 10.8. The van der Waals surface area contributed by atoms with Crippen LogP contribution in [-0.2, 0) is 6.42 Å². The Balaban J connectivity index is 2.08. The molecule has 0 radical (unpaired) electrons. The fourth-order valence-corrected chi connectivity index (χ4v) is 3.28. The Morgan fingerprint density at radius 2 is 2.33 bits per heavy atom. The predicted octanol–water partition coefficient (Wildman–Crippen LogP) is 2.75. The second kappa shape index (κ2) is 4.63. The Morgan fingerprint density at radius 3 is 3.00 bits per heavy atom. The van der Waals surface area contributed by atoms with Crippen molar-refractivity contribution in [1.29, 1.82) is 0 Å². The molecule has 2 heterocycles. The highest BCUT2D eigenvalue weighted by Crippen LogP contribution is 2.46. The average Bonchev–Trinajstić information content (AvgIpc) is 2.98.